The number of aromatic nitrogens is 2. The third kappa shape index (κ3) is 4.07. The van der Waals surface area contributed by atoms with Crippen molar-refractivity contribution in [1.29, 1.82) is 0 Å². The van der Waals surface area contributed by atoms with E-state index in [1.54, 1.807) is 6.26 Å². The molecule has 0 aliphatic carbocycles. The maximum atomic E-state index is 14.1. The van der Waals surface area contributed by atoms with Gasteiger partial charge in [0.05, 0.1) is 16.8 Å². The second-order valence-electron chi connectivity index (χ2n) is 5.81. The monoisotopic (exact) mass is 423 g/mol. The summed E-state index contributed by atoms with van der Waals surface area (Å²) in [4.78, 5) is 16.8. The number of sulfone groups is 1. The van der Waals surface area contributed by atoms with Crippen molar-refractivity contribution in [2.75, 3.05) is 17.8 Å². The molecule has 6 nitrogen and oxygen atoms in total. The Morgan fingerprint density at radius 1 is 1.14 bits per heavy atom. The number of nitrogens with zero attached hydrogens (tertiary/aromatic N) is 2. The van der Waals surface area contributed by atoms with E-state index in [0.29, 0.717) is 10.8 Å². The lowest BCUT2D eigenvalue weighted by atomic mass is 10.2. The van der Waals surface area contributed by atoms with Crippen LogP contribution in [0.3, 0.4) is 0 Å². The summed E-state index contributed by atoms with van der Waals surface area (Å²) in [6.07, 6.45) is 4.06. The van der Waals surface area contributed by atoms with Gasteiger partial charge in [-0.3, -0.25) is 9.36 Å². The quantitative estimate of drug-likeness (QED) is 0.502. The molecule has 146 valence electrons. The number of imidazole rings is 1. The van der Waals surface area contributed by atoms with Gasteiger partial charge in [-0.1, -0.05) is 11.8 Å². The second-order valence-corrected chi connectivity index (χ2v) is 8.60. The van der Waals surface area contributed by atoms with E-state index in [1.165, 1.54) is 46.8 Å². The summed E-state index contributed by atoms with van der Waals surface area (Å²) in [7, 11) is -3.57. The number of carbonyl (C=O) groups excluding carboxylic acids is 1. The molecule has 0 spiro atoms. The van der Waals surface area contributed by atoms with E-state index < -0.39 is 27.4 Å². The van der Waals surface area contributed by atoms with Crippen LogP contribution in [-0.2, 0) is 9.84 Å². The molecule has 1 N–H and O–H groups in total. The number of amides is 1. The fourth-order valence-electron chi connectivity index (χ4n) is 2.50. The maximum absolute atomic E-state index is 14.1. The largest absolute Gasteiger partial charge is 0.318 e. The van der Waals surface area contributed by atoms with Crippen LogP contribution in [0.15, 0.2) is 58.7 Å². The van der Waals surface area contributed by atoms with Crippen LogP contribution in [0.4, 0.5) is 14.5 Å². The summed E-state index contributed by atoms with van der Waals surface area (Å²) in [6.45, 7) is 0. The van der Waals surface area contributed by atoms with E-state index in [0.717, 1.165) is 24.5 Å². The van der Waals surface area contributed by atoms with Gasteiger partial charge in [-0.25, -0.2) is 22.2 Å². The van der Waals surface area contributed by atoms with Crippen molar-refractivity contribution in [2.24, 2.45) is 0 Å². The zero-order valence-corrected chi connectivity index (χ0v) is 16.4. The maximum Gasteiger partial charge on any atom is 0.274 e. The highest BCUT2D eigenvalue weighted by molar-refractivity contribution is 7.98. The van der Waals surface area contributed by atoms with Gasteiger partial charge in [-0.2, -0.15) is 0 Å². The van der Waals surface area contributed by atoms with Gasteiger partial charge in [0.2, 0.25) is 0 Å². The zero-order chi connectivity index (χ0) is 20.5. The first-order valence-electron chi connectivity index (χ1n) is 7.89. The molecule has 1 aromatic heterocycles. The van der Waals surface area contributed by atoms with E-state index in [1.807, 2.05) is 0 Å². The van der Waals surface area contributed by atoms with Crippen molar-refractivity contribution in [3.05, 3.63) is 66.0 Å². The molecule has 10 heteroatoms. The minimum atomic E-state index is -3.57. The molecular formula is C18H15F2N3O3S2. The van der Waals surface area contributed by atoms with Crippen LogP contribution >= 0.6 is 11.8 Å². The number of hydrogen-bond donors (Lipinski definition) is 1. The highest BCUT2D eigenvalue weighted by Gasteiger charge is 2.20. The van der Waals surface area contributed by atoms with Crippen molar-refractivity contribution >= 4 is 33.2 Å². The average molecular weight is 423 g/mol. The number of carbonyl (C=O) groups is 1. The number of anilines is 1. The molecule has 0 atom stereocenters. The Kier molecular flexibility index (Phi) is 5.52. The van der Waals surface area contributed by atoms with Crippen molar-refractivity contribution in [2.45, 2.75) is 10.1 Å². The minimum absolute atomic E-state index is 0.0834. The molecule has 0 bridgehead atoms. The molecular weight excluding hydrogens is 408 g/mol. The average Bonchev–Trinajstić information content (AvgIpc) is 3.07. The van der Waals surface area contributed by atoms with Crippen molar-refractivity contribution < 1.29 is 22.0 Å². The second kappa shape index (κ2) is 7.72. The van der Waals surface area contributed by atoms with Gasteiger partial charge in [0, 0.05) is 11.9 Å². The summed E-state index contributed by atoms with van der Waals surface area (Å²) in [6, 6.07) is 8.60. The smallest absolute Gasteiger partial charge is 0.274 e. The fourth-order valence-corrected chi connectivity index (χ4v) is 3.69. The van der Waals surface area contributed by atoms with Gasteiger partial charge in [0.25, 0.3) is 5.91 Å². The van der Waals surface area contributed by atoms with Gasteiger partial charge < -0.3 is 5.32 Å². The summed E-state index contributed by atoms with van der Waals surface area (Å²) in [5, 5.41) is 2.85. The van der Waals surface area contributed by atoms with Gasteiger partial charge in [-0.15, -0.1) is 0 Å². The van der Waals surface area contributed by atoms with Crippen LogP contribution in [0, 0.1) is 11.6 Å². The van der Waals surface area contributed by atoms with Crippen LogP contribution < -0.4 is 5.32 Å². The summed E-state index contributed by atoms with van der Waals surface area (Å²) < 4.78 is 52.2. The lowest BCUT2D eigenvalue weighted by molar-refractivity contribution is 0.101. The Hall–Kier alpha value is -2.72. The Balaban J connectivity index is 2.01. The van der Waals surface area contributed by atoms with Gasteiger partial charge in [-0.05, 0) is 48.7 Å². The normalized spacial score (nSPS) is 11.4. The number of halogens is 2. The molecule has 0 unspecified atom stereocenters. The number of hydrogen-bond acceptors (Lipinski definition) is 5. The van der Waals surface area contributed by atoms with E-state index in [4.69, 9.17) is 0 Å². The molecule has 1 amide bonds. The molecule has 0 aliphatic heterocycles. The first-order valence-corrected chi connectivity index (χ1v) is 11.0. The van der Waals surface area contributed by atoms with E-state index in [-0.39, 0.29) is 16.3 Å². The third-order valence-corrected chi connectivity index (χ3v) is 5.61. The Bertz CT molecular complexity index is 1140. The lowest BCUT2D eigenvalue weighted by Crippen LogP contribution is -2.18. The first kappa shape index (κ1) is 20.0. The molecule has 0 saturated heterocycles. The predicted molar refractivity (Wildman–Crippen MR) is 103 cm³/mol. The molecule has 3 rings (SSSR count). The summed E-state index contributed by atoms with van der Waals surface area (Å²) in [5.41, 5.74) is 0.310. The fraction of sp³-hybridized carbons (Fsp3) is 0.111. The first-order chi connectivity index (χ1) is 13.2. The molecule has 2 aromatic carbocycles. The number of rotatable bonds is 5. The summed E-state index contributed by atoms with van der Waals surface area (Å²) >= 11 is 1.27. The van der Waals surface area contributed by atoms with E-state index in [2.05, 4.69) is 10.3 Å². The minimum Gasteiger partial charge on any atom is -0.318 e. The number of benzene rings is 2. The van der Waals surface area contributed by atoms with E-state index in [9.17, 15) is 22.0 Å². The van der Waals surface area contributed by atoms with Crippen molar-refractivity contribution in [1.82, 2.24) is 9.55 Å². The molecule has 28 heavy (non-hydrogen) atoms. The van der Waals surface area contributed by atoms with Crippen molar-refractivity contribution in [3.8, 4) is 5.69 Å². The van der Waals surface area contributed by atoms with Crippen LogP contribution in [-0.4, -0.2) is 36.4 Å². The Labute approximate surface area is 164 Å². The molecule has 0 aliphatic rings. The molecule has 1 heterocycles. The third-order valence-electron chi connectivity index (χ3n) is 3.84. The van der Waals surface area contributed by atoms with Crippen LogP contribution in [0.1, 0.15) is 10.5 Å². The zero-order valence-electron chi connectivity index (χ0n) is 14.8. The molecule has 3 aromatic rings. The van der Waals surface area contributed by atoms with Gasteiger partial charge >= 0.3 is 0 Å². The highest BCUT2D eigenvalue weighted by Crippen LogP contribution is 2.24. The van der Waals surface area contributed by atoms with E-state index >= 15 is 0 Å². The number of thioether (sulfide) groups is 1. The standard InChI is InChI=1S/C18H15F2N3O3S2/c1-27-18-21-10-16(23(18)12-5-3-11(19)4-6-12)17(24)22-15-9-13(28(2,25)26)7-8-14(15)20/h3-10H,1-2H3,(H,22,24). The summed E-state index contributed by atoms with van der Waals surface area (Å²) in [5.74, 6) is -1.90. The van der Waals surface area contributed by atoms with Crippen molar-refractivity contribution in [3.63, 3.8) is 0 Å². The highest BCUT2D eigenvalue weighted by atomic mass is 32.2. The lowest BCUT2D eigenvalue weighted by Gasteiger charge is -2.12. The van der Waals surface area contributed by atoms with Crippen LogP contribution in [0.5, 0.6) is 0 Å². The number of nitrogens with one attached hydrogen (secondary N) is 1. The molecule has 0 saturated carbocycles. The predicted octanol–water partition coefficient (Wildman–Crippen LogP) is 3.53. The van der Waals surface area contributed by atoms with Gasteiger partial charge in [0.1, 0.15) is 17.3 Å². The van der Waals surface area contributed by atoms with Crippen LogP contribution in [0.2, 0.25) is 0 Å². The SMILES string of the molecule is CSc1ncc(C(=O)Nc2cc(S(C)(=O)=O)ccc2F)n1-c1ccc(F)cc1. The Morgan fingerprint density at radius 3 is 2.43 bits per heavy atom. The van der Waals surface area contributed by atoms with Crippen LogP contribution in [0.25, 0.3) is 5.69 Å². The topological polar surface area (TPSA) is 81.1 Å². The van der Waals surface area contributed by atoms with Gasteiger partial charge in [0.15, 0.2) is 15.0 Å². The molecule has 0 radical (unpaired) electrons. The Morgan fingerprint density at radius 2 is 1.82 bits per heavy atom. The molecule has 0 fully saturated rings.